The van der Waals surface area contributed by atoms with Crippen LogP contribution in [0.25, 0.3) is 11.0 Å². The minimum absolute atomic E-state index is 0.586. The van der Waals surface area contributed by atoms with Crippen molar-refractivity contribution in [3.63, 3.8) is 0 Å². The molecule has 0 saturated carbocycles. The third-order valence-electron chi connectivity index (χ3n) is 3.63. The van der Waals surface area contributed by atoms with E-state index in [1.54, 1.807) is 13.3 Å². The SMILES string of the molecule is CCN(CCc1c[nH]c2ncc(OC)cc12)C(C)C. The van der Waals surface area contributed by atoms with Gasteiger partial charge in [0.15, 0.2) is 0 Å². The molecule has 0 saturated heterocycles. The quantitative estimate of drug-likeness (QED) is 0.869. The number of hydrogen-bond donors (Lipinski definition) is 1. The highest BCUT2D eigenvalue weighted by Gasteiger charge is 2.10. The highest BCUT2D eigenvalue weighted by molar-refractivity contribution is 5.80. The van der Waals surface area contributed by atoms with Crippen LogP contribution >= 0.6 is 0 Å². The van der Waals surface area contributed by atoms with E-state index in [9.17, 15) is 0 Å². The maximum atomic E-state index is 5.24. The second-order valence-electron chi connectivity index (χ2n) is 5.06. The fraction of sp³-hybridized carbons (Fsp3) is 0.533. The Kier molecular flexibility index (Phi) is 4.43. The van der Waals surface area contributed by atoms with E-state index in [1.165, 1.54) is 10.9 Å². The van der Waals surface area contributed by atoms with Crippen LogP contribution in [0.3, 0.4) is 0 Å². The fourth-order valence-electron chi connectivity index (χ4n) is 2.40. The van der Waals surface area contributed by atoms with Gasteiger partial charge in [-0.3, -0.25) is 0 Å². The lowest BCUT2D eigenvalue weighted by atomic mass is 10.1. The summed E-state index contributed by atoms with van der Waals surface area (Å²) in [7, 11) is 1.67. The number of methoxy groups -OCH3 is 1. The monoisotopic (exact) mass is 261 g/mol. The molecule has 0 amide bonds. The summed E-state index contributed by atoms with van der Waals surface area (Å²) in [6.45, 7) is 8.84. The van der Waals surface area contributed by atoms with Crippen LogP contribution in [0.2, 0.25) is 0 Å². The van der Waals surface area contributed by atoms with E-state index in [0.29, 0.717) is 6.04 Å². The van der Waals surface area contributed by atoms with E-state index in [0.717, 1.165) is 30.9 Å². The van der Waals surface area contributed by atoms with Crippen LogP contribution in [-0.4, -0.2) is 41.1 Å². The van der Waals surface area contributed by atoms with E-state index in [1.807, 2.05) is 0 Å². The van der Waals surface area contributed by atoms with Crippen molar-refractivity contribution in [1.29, 1.82) is 0 Å². The molecule has 0 aliphatic rings. The average Bonchev–Trinajstić information content (AvgIpc) is 2.81. The topological polar surface area (TPSA) is 41.2 Å². The number of rotatable bonds is 6. The fourth-order valence-corrected chi connectivity index (χ4v) is 2.40. The number of hydrogen-bond acceptors (Lipinski definition) is 3. The Morgan fingerprint density at radius 1 is 1.42 bits per heavy atom. The second-order valence-corrected chi connectivity index (χ2v) is 5.06. The number of H-pyrrole nitrogens is 1. The number of aromatic amines is 1. The second kappa shape index (κ2) is 6.06. The molecule has 0 bridgehead atoms. The van der Waals surface area contributed by atoms with Gasteiger partial charge in [0.25, 0.3) is 0 Å². The van der Waals surface area contributed by atoms with Gasteiger partial charge in [-0.25, -0.2) is 4.98 Å². The Bertz CT molecular complexity index is 533. The van der Waals surface area contributed by atoms with Crippen molar-refractivity contribution in [3.05, 3.63) is 24.0 Å². The number of pyridine rings is 1. The third kappa shape index (κ3) is 3.07. The van der Waals surface area contributed by atoms with Gasteiger partial charge in [-0.2, -0.15) is 0 Å². The summed E-state index contributed by atoms with van der Waals surface area (Å²) in [5.74, 6) is 0.810. The minimum atomic E-state index is 0.586. The first-order valence-corrected chi connectivity index (χ1v) is 6.89. The maximum Gasteiger partial charge on any atom is 0.137 e. The van der Waals surface area contributed by atoms with Gasteiger partial charge < -0.3 is 14.6 Å². The molecular weight excluding hydrogens is 238 g/mol. The standard InChI is InChI=1S/C15H23N3O/c1-5-18(11(2)3)7-6-12-9-16-15-14(12)8-13(19-4)10-17-15/h8-11H,5-7H2,1-4H3,(H,16,17). The summed E-state index contributed by atoms with van der Waals surface area (Å²) in [4.78, 5) is 10.1. The van der Waals surface area contributed by atoms with Crippen molar-refractivity contribution in [3.8, 4) is 5.75 Å². The third-order valence-corrected chi connectivity index (χ3v) is 3.63. The van der Waals surface area contributed by atoms with Crippen molar-refractivity contribution in [1.82, 2.24) is 14.9 Å². The Labute approximate surface area is 114 Å². The van der Waals surface area contributed by atoms with Gasteiger partial charge >= 0.3 is 0 Å². The Morgan fingerprint density at radius 3 is 2.84 bits per heavy atom. The number of aromatic nitrogens is 2. The molecule has 2 heterocycles. The molecular formula is C15H23N3O. The number of fused-ring (bicyclic) bond motifs is 1. The normalized spacial score (nSPS) is 11.7. The lowest BCUT2D eigenvalue weighted by Crippen LogP contribution is -2.32. The molecule has 0 atom stereocenters. The highest BCUT2D eigenvalue weighted by atomic mass is 16.5. The molecule has 0 aliphatic heterocycles. The van der Waals surface area contributed by atoms with Crippen LogP contribution in [0.1, 0.15) is 26.3 Å². The van der Waals surface area contributed by atoms with Crippen LogP contribution in [0.15, 0.2) is 18.5 Å². The van der Waals surface area contributed by atoms with Crippen molar-refractivity contribution in [2.75, 3.05) is 20.2 Å². The van der Waals surface area contributed by atoms with Crippen molar-refractivity contribution < 1.29 is 4.74 Å². The van der Waals surface area contributed by atoms with Gasteiger partial charge in [-0.1, -0.05) is 6.92 Å². The molecule has 0 unspecified atom stereocenters. The van der Waals surface area contributed by atoms with Crippen LogP contribution in [0, 0.1) is 0 Å². The first-order valence-electron chi connectivity index (χ1n) is 6.89. The number of nitrogens with zero attached hydrogens (tertiary/aromatic N) is 2. The predicted octanol–water partition coefficient (Wildman–Crippen LogP) is 2.84. The summed E-state index contributed by atoms with van der Waals surface area (Å²) < 4.78 is 5.24. The van der Waals surface area contributed by atoms with Gasteiger partial charge in [0.2, 0.25) is 0 Å². The minimum Gasteiger partial charge on any atom is -0.495 e. The molecule has 1 N–H and O–H groups in total. The van der Waals surface area contributed by atoms with Gasteiger partial charge in [-0.15, -0.1) is 0 Å². The summed E-state index contributed by atoms with van der Waals surface area (Å²) in [6.07, 6.45) is 4.83. The molecule has 0 fully saturated rings. The smallest absolute Gasteiger partial charge is 0.137 e. The van der Waals surface area contributed by atoms with Crippen LogP contribution in [0.4, 0.5) is 0 Å². The van der Waals surface area contributed by atoms with Crippen molar-refractivity contribution in [2.45, 2.75) is 33.2 Å². The summed E-state index contributed by atoms with van der Waals surface area (Å²) in [5.41, 5.74) is 2.24. The van der Waals surface area contributed by atoms with Crippen LogP contribution < -0.4 is 4.74 Å². The average molecular weight is 261 g/mol. The number of ether oxygens (including phenoxy) is 1. The summed E-state index contributed by atoms with van der Waals surface area (Å²) in [6, 6.07) is 2.64. The van der Waals surface area contributed by atoms with E-state index in [2.05, 4.69) is 47.9 Å². The van der Waals surface area contributed by atoms with Crippen LogP contribution in [0.5, 0.6) is 5.75 Å². The molecule has 19 heavy (non-hydrogen) atoms. The molecule has 0 aromatic carbocycles. The lowest BCUT2D eigenvalue weighted by Gasteiger charge is -2.24. The van der Waals surface area contributed by atoms with Gasteiger partial charge in [0.1, 0.15) is 11.4 Å². The largest absolute Gasteiger partial charge is 0.495 e. The Balaban J connectivity index is 2.16. The number of likely N-dealkylation sites (N-methyl/N-ethyl adjacent to an activating group) is 1. The van der Waals surface area contributed by atoms with Gasteiger partial charge in [0, 0.05) is 24.2 Å². The lowest BCUT2D eigenvalue weighted by molar-refractivity contribution is 0.237. The molecule has 4 heteroatoms. The van der Waals surface area contributed by atoms with Crippen LogP contribution in [-0.2, 0) is 6.42 Å². The van der Waals surface area contributed by atoms with E-state index < -0.39 is 0 Å². The zero-order valence-corrected chi connectivity index (χ0v) is 12.2. The van der Waals surface area contributed by atoms with Gasteiger partial charge in [0.05, 0.1) is 13.3 Å². The molecule has 0 aliphatic carbocycles. The zero-order chi connectivity index (χ0) is 13.8. The first-order chi connectivity index (χ1) is 9.15. The highest BCUT2D eigenvalue weighted by Crippen LogP contribution is 2.22. The van der Waals surface area contributed by atoms with Crippen molar-refractivity contribution >= 4 is 11.0 Å². The predicted molar refractivity (Wildman–Crippen MR) is 78.7 cm³/mol. The Morgan fingerprint density at radius 2 is 2.21 bits per heavy atom. The number of nitrogens with one attached hydrogen (secondary N) is 1. The summed E-state index contributed by atoms with van der Waals surface area (Å²) >= 11 is 0. The van der Waals surface area contributed by atoms with E-state index >= 15 is 0 Å². The van der Waals surface area contributed by atoms with Gasteiger partial charge in [-0.05, 0) is 38.4 Å². The summed E-state index contributed by atoms with van der Waals surface area (Å²) in [5, 5.41) is 1.17. The van der Waals surface area contributed by atoms with E-state index in [4.69, 9.17) is 4.74 Å². The Hall–Kier alpha value is -1.55. The maximum absolute atomic E-state index is 5.24. The zero-order valence-electron chi connectivity index (χ0n) is 12.2. The molecule has 2 aromatic rings. The molecule has 0 spiro atoms. The molecule has 2 aromatic heterocycles. The molecule has 2 rings (SSSR count). The van der Waals surface area contributed by atoms with Crippen molar-refractivity contribution in [2.24, 2.45) is 0 Å². The molecule has 104 valence electrons. The molecule has 4 nitrogen and oxygen atoms in total. The first kappa shape index (κ1) is 13.9. The van der Waals surface area contributed by atoms with E-state index in [-0.39, 0.29) is 0 Å². The molecule has 0 radical (unpaired) electrons.